The average Bonchev–Trinajstić information content (AvgIpc) is 3.03. The molecule has 24 heavy (non-hydrogen) atoms. The number of aliphatic carboxylic acids is 1. The molecule has 1 heterocycles. The molecular formula is C19H20ClNO3. The van der Waals surface area contributed by atoms with Crippen molar-refractivity contribution in [2.75, 3.05) is 6.54 Å². The van der Waals surface area contributed by atoms with E-state index in [4.69, 9.17) is 16.3 Å². The van der Waals surface area contributed by atoms with Gasteiger partial charge in [0.05, 0.1) is 0 Å². The van der Waals surface area contributed by atoms with Crippen molar-refractivity contribution in [3.8, 4) is 5.75 Å². The van der Waals surface area contributed by atoms with Crippen LogP contribution in [0.1, 0.15) is 24.0 Å². The van der Waals surface area contributed by atoms with Crippen LogP contribution in [0.3, 0.4) is 0 Å². The van der Waals surface area contributed by atoms with Gasteiger partial charge < -0.3 is 9.84 Å². The summed E-state index contributed by atoms with van der Waals surface area (Å²) in [5.74, 6) is 0.0520. The van der Waals surface area contributed by atoms with Crippen molar-refractivity contribution in [1.82, 2.24) is 4.90 Å². The maximum absolute atomic E-state index is 11.3. The summed E-state index contributed by atoms with van der Waals surface area (Å²) in [6.45, 7) is 1.93. The predicted molar refractivity (Wildman–Crippen MR) is 93.3 cm³/mol. The summed E-state index contributed by atoms with van der Waals surface area (Å²) in [6, 6.07) is 15.0. The van der Waals surface area contributed by atoms with Gasteiger partial charge in [0.2, 0.25) is 0 Å². The first kappa shape index (κ1) is 16.8. The molecule has 0 saturated carbocycles. The Balaban J connectivity index is 1.61. The number of nitrogens with zero attached hydrogens (tertiary/aromatic N) is 1. The van der Waals surface area contributed by atoms with Gasteiger partial charge >= 0.3 is 5.97 Å². The summed E-state index contributed by atoms with van der Waals surface area (Å²) in [5.41, 5.74) is 2.12. The van der Waals surface area contributed by atoms with Crippen molar-refractivity contribution in [3.63, 3.8) is 0 Å². The highest BCUT2D eigenvalue weighted by atomic mass is 35.5. The van der Waals surface area contributed by atoms with Gasteiger partial charge in [0.1, 0.15) is 18.4 Å². The summed E-state index contributed by atoms with van der Waals surface area (Å²) in [6.07, 6.45) is 1.66. The normalized spacial score (nSPS) is 17.8. The van der Waals surface area contributed by atoms with Crippen molar-refractivity contribution in [3.05, 3.63) is 64.7 Å². The Kier molecular flexibility index (Phi) is 5.38. The summed E-state index contributed by atoms with van der Waals surface area (Å²) in [4.78, 5) is 13.3. The number of hydrogen-bond donors (Lipinski definition) is 1. The van der Waals surface area contributed by atoms with Crippen LogP contribution in [0.5, 0.6) is 5.75 Å². The molecule has 0 amide bonds. The van der Waals surface area contributed by atoms with Crippen LogP contribution in [0.4, 0.5) is 0 Å². The van der Waals surface area contributed by atoms with E-state index in [9.17, 15) is 9.90 Å². The zero-order valence-electron chi connectivity index (χ0n) is 13.3. The lowest BCUT2D eigenvalue weighted by Crippen LogP contribution is -2.35. The SMILES string of the molecule is O=C(O)C1CCCN1Cc1cccc(OCc2ccc(Cl)cc2)c1. The first-order chi connectivity index (χ1) is 11.6. The number of benzene rings is 2. The Hall–Kier alpha value is -2.04. The molecule has 1 fully saturated rings. The quantitative estimate of drug-likeness (QED) is 0.860. The summed E-state index contributed by atoms with van der Waals surface area (Å²) >= 11 is 5.88. The molecule has 1 aliphatic rings. The Bertz CT molecular complexity index is 702. The molecule has 4 nitrogen and oxygen atoms in total. The van der Waals surface area contributed by atoms with E-state index in [0.717, 1.165) is 36.3 Å². The van der Waals surface area contributed by atoms with Gasteiger partial charge in [0.15, 0.2) is 0 Å². The largest absolute Gasteiger partial charge is 0.489 e. The van der Waals surface area contributed by atoms with Crippen molar-refractivity contribution < 1.29 is 14.6 Å². The maximum Gasteiger partial charge on any atom is 0.320 e. The molecule has 0 bridgehead atoms. The number of ether oxygens (including phenoxy) is 1. The zero-order valence-corrected chi connectivity index (χ0v) is 14.1. The van der Waals surface area contributed by atoms with Gasteiger partial charge in [-0.15, -0.1) is 0 Å². The second-order valence-electron chi connectivity index (χ2n) is 6.03. The Labute approximate surface area is 146 Å². The molecule has 126 valence electrons. The van der Waals surface area contributed by atoms with Gasteiger partial charge in [0.25, 0.3) is 0 Å². The first-order valence-corrected chi connectivity index (χ1v) is 8.42. The molecule has 0 aromatic heterocycles. The molecule has 1 N–H and O–H groups in total. The molecule has 0 aliphatic carbocycles. The highest BCUT2D eigenvalue weighted by Crippen LogP contribution is 2.22. The molecule has 1 atom stereocenters. The number of carboxylic acid groups (broad SMARTS) is 1. The Morgan fingerprint density at radius 3 is 2.75 bits per heavy atom. The highest BCUT2D eigenvalue weighted by Gasteiger charge is 2.30. The summed E-state index contributed by atoms with van der Waals surface area (Å²) in [5, 5.41) is 9.98. The number of carbonyl (C=O) groups is 1. The molecule has 0 spiro atoms. The van der Waals surface area contributed by atoms with Crippen LogP contribution in [0.2, 0.25) is 5.02 Å². The van der Waals surface area contributed by atoms with E-state index in [1.807, 2.05) is 53.4 Å². The van der Waals surface area contributed by atoms with E-state index >= 15 is 0 Å². The second-order valence-corrected chi connectivity index (χ2v) is 6.47. The summed E-state index contributed by atoms with van der Waals surface area (Å²) in [7, 11) is 0. The van der Waals surface area contributed by atoms with Gasteiger partial charge in [-0.05, 0) is 54.8 Å². The molecule has 2 aromatic rings. The molecule has 1 aliphatic heterocycles. The molecule has 5 heteroatoms. The standard InChI is InChI=1S/C19H20ClNO3/c20-16-8-6-14(7-9-16)13-24-17-4-1-3-15(11-17)12-21-10-2-5-18(21)19(22)23/h1,3-4,6-9,11,18H,2,5,10,12-13H2,(H,22,23). The van der Waals surface area contributed by atoms with Crippen LogP contribution >= 0.6 is 11.6 Å². The van der Waals surface area contributed by atoms with Gasteiger partial charge in [-0.25, -0.2) is 0 Å². The number of hydrogen-bond acceptors (Lipinski definition) is 3. The zero-order chi connectivity index (χ0) is 16.9. The fourth-order valence-electron chi connectivity index (χ4n) is 3.01. The molecule has 0 radical (unpaired) electrons. The topological polar surface area (TPSA) is 49.8 Å². The van der Waals surface area contributed by atoms with Gasteiger partial charge in [-0.1, -0.05) is 35.9 Å². The van der Waals surface area contributed by atoms with E-state index < -0.39 is 5.97 Å². The summed E-state index contributed by atoms with van der Waals surface area (Å²) < 4.78 is 5.83. The van der Waals surface area contributed by atoms with Crippen LogP contribution in [0.15, 0.2) is 48.5 Å². The smallest absolute Gasteiger partial charge is 0.320 e. The monoisotopic (exact) mass is 345 g/mol. The van der Waals surface area contributed by atoms with E-state index in [0.29, 0.717) is 18.2 Å². The maximum atomic E-state index is 11.3. The molecule has 1 saturated heterocycles. The lowest BCUT2D eigenvalue weighted by molar-refractivity contribution is -0.142. The highest BCUT2D eigenvalue weighted by molar-refractivity contribution is 6.30. The van der Waals surface area contributed by atoms with Crippen LogP contribution < -0.4 is 4.74 Å². The van der Waals surface area contributed by atoms with Crippen molar-refractivity contribution >= 4 is 17.6 Å². The predicted octanol–water partition coefficient (Wildman–Crippen LogP) is 3.97. The van der Waals surface area contributed by atoms with Crippen LogP contribution in [0, 0.1) is 0 Å². The van der Waals surface area contributed by atoms with Gasteiger partial charge in [-0.3, -0.25) is 9.69 Å². The lowest BCUT2D eigenvalue weighted by Gasteiger charge is -2.21. The fourth-order valence-corrected chi connectivity index (χ4v) is 3.14. The average molecular weight is 346 g/mol. The van der Waals surface area contributed by atoms with Crippen LogP contribution in [-0.4, -0.2) is 28.6 Å². The second kappa shape index (κ2) is 7.69. The molecule has 2 aromatic carbocycles. The lowest BCUT2D eigenvalue weighted by atomic mass is 10.1. The number of rotatable bonds is 6. The van der Waals surface area contributed by atoms with E-state index in [-0.39, 0.29) is 6.04 Å². The Morgan fingerprint density at radius 2 is 2.00 bits per heavy atom. The minimum atomic E-state index is -0.734. The number of carboxylic acids is 1. The van der Waals surface area contributed by atoms with Crippen LogP contribution in [0.25, 0.3) is 0 Å². The molecule has 3 rings (SSSR count). The third-order valence-corrected chi connectivity index (χ3v) is 4.50. The molecule has 1 unspecified atom stereocenters. The van der Waals surface area contributed by atoms with Crippen molar-refractivity contribution in [2.24, 2.45) is 0 Å². The Morgan fingerprint density at radius 1 is 1.21 bits per heavy atom. The van der Waals surface area contributed by atoms with E-state index in [1.54, 1.807) is 0 Å². The number of likely N-dealkylation sites (tertiary alicyclic amines) is 1. The third-order valence-electron chi connectivity index (χ3n) is 4.25. The van der Waals surface area contributed by atoms with Crippen LogP contribution in [-0.2, 0) is 17.9 Å². The minimum absolute atomic E-state index is 0.372. The molecular weight excluding hydrogens is 326 g/mol. The van der Waals surface area contributed by atoms with Gasteiger partial charge in [0, 0.05) is 11.6 Å². The van der Waals surface area contributed by atoms with E-state index in [1.165, 1.54) is 0 Å². The third kappa shape index (κ3) is 4.28. The van der Waals surface area contributed by atoms with Crippen molar-refractivity contribution in [1.29, 1.82) is 0 Å². The van der Waals surface area contributed by atoms with E-state index in [2.05, 4.69) is 0 Å². The number of halogens is 1. The first-order valence-electron chi connectivity index (χ1n) is 8.05. The van der Waals surface area contributed by atoms with Crippen molar-refractivity contribution in [2.45, 2.75) is 32.0 Å². The fraction of sp³-hybridized carbons (Fsp3) is 0.316. The minimum Gasteiger partial charge on any atom is -0.489 e. The van der Waals surface area contributed by atoms with Gasteiger partial charge in [-0.2, -0.15) is 0 Å².